The van der Waals surface area contributed by atoms with Gasteiger partial charge in [0.25, 0.3) is 0 Å². The van der Waals surface area contributed by atoms with Crippen molar-refractivity contribution >= 4 is 11.9 Å². The first-order valence-electron chi connectivity index (χ1n) is 7.74. The summed E-state index contributed by atoms with van der Waals surface area (Å²) < 4.78 is 10.3. The molecule has 0 aliphatic heterocycles. The lowest BCUT2D eigenvalue weighted by Crippen LogP contribution is -2.11. The smallest absolute Gasteiger partial charge is 0.344 e. The quantitative estimate of drug-likeness (QED) is 0.526. The van der Waals surface area contributed by atoms with Crippen LogP contribution in [0.1, 0.15) is 20.7 Å². The van der Waals surface area contributed by atoms with Gasteiger partial charge in [0.15, 0.2) is 0 Å². The molecule has 124 valence electrons. The molecule has 0 spiro atoms. The number of carbonyl (C=O) groups is 2. The van der Waals surface area contributed by atoms with E-state index in [4.69, 9.17) is 9.47 Å². The van der Waals surface area contributed by atoms with Crippen LogP contribution < -0.4 is 4.74 Å². The van der Waals surface area contributed by atoms with Gasteiger partial charge in [-0.2, -0.15) is 0 Å². The molecule has 0 aromatic heterocycles. The molecule has 0 fully saturated rings. The summed E-state index contributed by atoms with van der Waals surface area (Å²) in [6.45, 7) is 0. The molecule has 3 aromatic rings. The van der Waals surface area contributed by atoms with Gasteiger partial charge >= 0.3 is 11.9 Å². The molecule has 0 bridgehead atoms. The first-order chi connectivity index (χ1) is 12.2. The van der Waals surface area contributed by atoms with Crippen LogP contribution >= 0.6 is 0 Å². The average molecular weight is 332 g/mol. The minimum Gasteiger partial charge on any atom is -0.465 e. The van der Waals surface area contributed by atoms with Crippen molar-refractivity contribution in [2.75, 3.05) is 7.11 Å². The molecule has 25 heavy (non-hydrogen) atoms. The Morgan fingerprint density at radius 3 is 1.68 bits per heavy atom. The number of esters is 2. The zero-order valence-corrected chi connectivity index (χ0v) is 13.6. The molecule has 0 aliphatic carbocycles. The van der Waals surface area contributed by atoms with Gasteiger partial charge in [0.2, 0.25) is 0 Å². The SMILES string of the molecule is COC(=O)c1ccccc1-c1ccccc1C(=O)Oc1ccccc1. The van der Waals surface area contributed by atoms with Gasteiger partial charge in [-0.15, -0.1) is 0 Å². The number of para-hydroxylation sites is 1. The van der Waals surface area contributed by atoms with Crippen LogP contribution in [0.4, 0.5) is 0 Å². The van der Waals surface area contributed by atoms with E-state index in [-0.39, 0.29) is 0 Å². The van der Waals surface area contributed by atoms with Gasteiger partial charge in [-0.1, -0.05) is 54.6 Å². The van der Waals surface area contributed by atoms with Crippen molar-refractivity contribution in [3.8, 4) is 16.9 Å². The molecule has 4 nitrogen and oxygen atoms in total. The predicted octanol–water partition coefficient (Wildman–Crippen LogP) is 4.36. The largest absolute Gasteiger partial charge is 0.465 e. The minimum absolute atomic E-state index is 0.378. The third-order valence-corrected chi connectivity index (χ3v) is 3.72. The van der Waals surface area contributed by atoms with Crippen molar-refractivity contribution in [1.29, 1.82) is 0 Å². The van der Waals surface area contributed by atoms with Gasteiger partial charge < -0.3 is 9.47 Å². The van der Waals surface area contributed by atoms with Gasteiger partial charge in [-0.05, 0) is 35.4 Å². The normalized spacial score (nSPS) is 10.1. The van der Waals surface area contributed by atoms with Gasteiger partial charge in [0.1, 0.15) is 5.75 Å². The molecule has 4 heteroatoms. The fourth-order valence-corrected chi connectivity index (χ4v) is 2.55. The summed E-state index contributed by atoms with van der Waals surface area (Å²) in [7, 11) is 1.33. The molecule has 0 heterocycles. The molecular formula is C21H16O4. The van der Waals surface area contributed by atoms with E-state index in [1.165, 1.54) is 7.11 Å². The van der Waals surface area contributed by atoms with Gasteiger partial charge in [0, 0.05) is 0 Å². The monoisotopic (exact) mass is 332 g/mol. The van der Waals surface area contributed by atoms with E-state index in [0.29, 0.717) is 28.0 Å². The molecule has 3 aromatic carbocycles. The molecule has 3 rings (SSSR count). The second-order valence-electron chi connectivity index (χ2n) is 5.29. The van der Waals surface area contributed by atoms with Crippen LogP contribution in [0.25, 0.3) is 11.1 Å². The maximum atomic E-state index is 12.6. The average Bonchev–Trinajstić information content (AvgIpc) is 2.68. The van der Waals surface area contributed by atoms with Crippen molar-refractivity contribution in [1.82, 2.24) is 0 Å². The molecule has 0 aliphatic rings. The Labute approximate surface area is 145 Å². The standard InChI is InChI=1S/C21H16O4/c1-24-20(22)18-13-7-5-11-16(18)17-12-6-8-14-19(17)21(23)25-15-9-3-2-4-10-15/h2-14H,1H3. The van der Waals surface area contributed by atoms with Gasteiger partial charge in [0.05, 0.1) is 18.2 Å². The van der Waals surface area contributed by atoms with Gasteiger partial charge in [-0.25, -0.2) is 9.59 Å². The van der Waals surface area contributed by atoms with Crippen LogP contribution in [0.5, 0.6) is 5.75 Å². The highest BCUT2D eigenvalue weighted by atomic mass is 16.5. The van der Waals surface area contributed by atoms with E-state index in [9.17, 15) is 9.59 Å². The molecule has 0 atom stereocenters. The number of rotatable bonds is 4. The summed E-state index contributed by atoms with van der Waals surface area (Å²) in [5.41, 5.74) is 2.01. The molecule has 0 unspecified atom stereocenters. The molecule has 0 N–H and O–H groups in total. The molecular weight excluding hydrogens is 316 g/mol. The van der Waals surface area contributed by atoms with Crippen molar-refractivity contribution in [2.24, 2.45) is 0 Å². The summed E-state index contributed by atoms with van der Waals surface area (Å²) in [4.78, 5) is 24.7. The van der Waals surface area contributed by atoms with E-state index < -0.39 is 11.9 Å². The third-order valence-electron chi connectivity index (χ3n) is 3.72. The Hall–Kier alpha value is -3.40. The van der Waals surface area contributed by atoms with Gasteiger partial charge in [-0.3, -0.25) is 0 Å². The number of ether oxygens (including phenoxy) is 2. The van der Waals surface area contributed by atoms with Crippen LogP contribution in [0, 0.1) is 0 Å². The Balaban J connectivity index is 2.03. The Morgan fingerprint density at radius 2 is 1.12 bits per heavy atom. The second kappa shape index (κ2) is 7.45. The van der Waals surface area contributed by atoms with Crippen LogP contribution in [-0.4, -0.2) is 19.0 Å². The van der Waals surface area contributed by atoms with E-state index in [1.807, 2.05) is 12.1 Å². The van der Waals surface area contributed by atoms with Crippen LogP contribution in [-0.2, 0) is 4.74 Å². The van der Waals surface area contributed by atoms with E-state index in [1.54, 1.807) is 66.7 Å². The number of carbonyl (C=O) groups excluding carboxylic acids is 2. The molecule has 0 saturated heterocycles. The van der Waals surface area contributed by atoms with E-state index in [2.05, 4.69) is 0 Å². The van der Waals surface area contributed by atoms with Crippen LogP contribution in [0.3, 0.4) is 0 Å². The lowest BCUT2D eigenvalue weighted by molar-refractivity contribution is 0.0600. The van der Waals surface area contributed by atoms with E-state index >= 15 is 0 Å². The topological polar surface area (TPSA) is 52.6 Å². The predicted molar refractivity (Wildman–Crippen MR) is 94.6 cm³/mol. The van der Waals surface area contributed by atoms with E-state index in [0.717, 1.165) is 0 Å². The minimum atomic E-state index is -0.485. The fourth-order valence-electron chi connectivity index (χ4n) is 2.55. The fraction of sp³-hybridized carbons (Fsp3) is 0.0476. The second-order valence-corrected chi connectivity index (χ2v) is 5.29. The zero-order valence-electron chi connectivity index (χ0n) is 13.6. The first kappa shape index (κ1) is 16.5. The highest BCUT2D eigenvalue weighted by molar-refractivity contribution is 6.03. The maximum Gasteiger partial charge on any atom is 0.344 e. The summed E-state index contributed by atoms with van der Waals surface area (Å²) in [5, 5.41) is 0. The first-order valence-corrected chi connectivity index (χ1v) is 7.74. The van der Waals surface area contributed by atoms with Crippen LogP contribution in [0.15, 0.2) is 78.9 Å². The van der Waals surface area contributed by atoms with Crippen molar-refractivity contribution in [2.45, 2.75) is 0 Å². The molecule has 0 radical (unpaired) electrons. The summed E-state index contributed by atoms with van der Waals surface area (Å²) in [5.74, 6) is -0.480. The van der Waals surface area contributed by atoms with Crippen LogP contribution in [0.2, 0.25) is 0 Å². The third kappa shape index (κ3) is 3.58. The lowest BCUT2D eigenvalue weighted by atomic mass is 9.95. The summed E-state index contributed by atoms with van der Waals surface area (Å²) in [6.07, 6.45) is 0. The molecule has 0 amide bonds. The Bertz CT molecular complexity index is 901. The van der Waals surface area contributed by atoms with Crippen molar-refractivity contribution in [3.63, 3.8) is 0 Å². The van der Waals surface area contributed by atoms with Crippen molar-refractivity contribution in [3.05, 3.63) is 90.0 Å². The Kier molecular flexibility index (Phi) is 4.90. The maximum absolute atomic E-state index is 12.6. The number of benzene rings is 3. The number of hydrogen-bond acceptors (Lipinski definition) is 4. The summed E-state index contributed by atoms with van der Waals surface area (Å²) >= 11 is 0. The number of hydrogen-bond donors (Lipinski definition) is 0. The highest BCUT2D eigenvalue weighted by Crippen LogP contribution is 2.28. The highest BCUT2D eigenvalue weighted by Gasteiger charge is 2.19. The van der Waals surface area contributed by atoms with Crippen molar-refractivity contribution < 1.29 is 19.1 Å². The molecule has 0 saturated carbocycles. The Morgan fingerprint density at radius 1 is 0.640 bits per heavy atom. The zero-order chi connectivity index (χ0) is 17.6. The summed E-state index contributed by atoms with van der Waals surface area (Å²) in [6, 6.07) is 22.9. The lowest BCUT2D eigenvalue weighted by Gasteiger charge is -2.12. The number of methoxy groups -OCH3 is 1.